The lowest BCUT2D eigenvalue weighted by atomic mass is 10.0. The molecule has 1 aromatic carbocycles. The van der Waals surface area contributed by atoms with Crippen molar-refractivity contribution in [3.63, 3.8) is 0 Å². The van der Waals surface area contributed by atoms with Gasteiger partial charge in [-0.05, 0) is 31.4 Å². The normalized spacial score (nSPS) is 21.1. The highest BCUT2D eigenvalue weighted by Crippen LogP contribution is 2.31. The van der Waals surface area contributed by atoms with Gasteiger partial charge in [0.25, 0.3) is 0 Å². The minimum Gasteiger partial charge on any atom is -0.481 e. The maximum atomic E-state index is 12.0. The standard InChI is InChI=1S/C17H19NO4/c19-16(12-5-6-13(9-12)17(20)21)18-8-7-14-10-11-3-1-2-4-15(11)22-14/h1-4,10,12-13H,5-9H2,(H,18,19)(H,20,21)/t12-,13+/m0/s1. The van der Waals surface area contributed by atoms with Crippen molar-refractivity contribution in [3.8, 4) is 0 Å². The number of nitrogens with one attached hydrogen (secondary N) is 1. The summed E-state index contributed by atoms with van der Waals surface area (Å²) in [7, 11) is 0. The SMILES string of the molecule is O=C(O)[C@@H]1CC[C@H](C(=O)NCCc2cc3ccccc3o2)C1. The van der Waals surface area contributed by atoms with Gasteiger partial charge in [0.2, 0.25) is 5.91 Å². The molecule has 2 N–H and O–H groups in total. The van der Waals surface area contributed by atoms with E-state index in [0.717, 1.165) is 16.7 Å². The van der Waals surface area contributed by atoms with Gasteiger partial charge in [-0.1, -0.05) is 18.2 Å². The Morgan fingerprint density at radius 3 is 2.73 bits per heavy atom. The first kappa shape index (κ1) is 14.6. The Bertz CT molecular complexity index is 658. The molecule has 116 valence electrons. The minimum atomic E-state index is -0.794. The zero-order valence-corrected chi connectivity index (χ0v) is 12.2. The van der Waals surface area contributed by atoms with Gasteiger partial charge in [-0.15, -0.1) is 0 Å². The number of aliphatic carboxylic acids is 1. The third kappa shape index (κ3) is 3.13. The molecule has 22 heavy (non-hydrogen) atoms. The molecule has 0 saturated heterocycles. The zero-order chi connectivity index (χ0) is 15.5. The lowest BCUT2D eigenvalue weighted by Crippen LogP contribution is -2.31. The zero-order valence-electron chi connectivity index (χ0n) is 12.2. The van der Waals surface area contributed by atoms with E-state index in [4.69, 9.17) is 9.52 Å². The van der Waals surface area contributed by atoms with Crippen molar-refractivity contribution in [2.75, 3.05) is 6.54 Å². The van der Waals surface area contributed by atoms with Crippen molar-refractivity contribution in [1.82, 2.24) is 5.32 Å². The van der Waals surface area contributed by atoms with Crippen LogP contribution in [0.4, 0.5) is 0 Å². The Balaban J connectivity index is 1.48. The number of amides is 1. The van der Waals surface area contributed by atoms with Gasteiger partial charge < -0.3 is 14.8 Å². The molecule has 1 amide bonds. The summed E-state index contributed by atoms with van der Waals surface area (Å²) in [6, 6.07) is 9.78. The van der Waals surface area contributed by atoms with Gasteiger partial charge in [0.05, 0.1) is 5.92 Å². The quantitative estimate of drug-likeness (QED) is 0.889. The molecule has 0 unspecified atom stereocenters. The number of fused-ring (bicyclic) bond motifs is 1. The molecule has 3 rings (SSSR count). The number of hydrogen-bond acceptors (Lipinski definition) is 3. The first-order valence-corrected chi connectivity index (χ1v) is 7.61. The molecule has 0 bridgehead atoms. The first-order valence-electron chi connectivity index (χ1n) is 7.61. The van der Waals surface area contributed by atoms with Crippen LogP contribution in [0.2, 0.25) is 0 Å². The highest BCUT2D eigenvalue weighted by atomic mass is 16.4. The van der Waals surface area contributed by atoms with Crippen LogP contribution < -0.4 is 5.32 Å². The lowest BCUT2D eigenvalue weighted by molar-refractivity contribution is -0.141. The predicted octanol–water partition coefficient (Wildman–Crippen LogP) is 2.59. The van der Waals surface area contributed by atoms with Gasteiger partial charge in [-0.2, -0.15) is 0 Å². The molecular weight excluding hydrogens is 282 g/mol. The maximum absolute atomic E-state index is 12.0. The van der Waals surface area contributed by atoms with E-state index >= 15 is 0 Å². The number of carbonyl (C=O) groups is 2. The fraction of sp³-hybridized carbons (Fsp3) is 0.412. The second kappa shape index (κ2) is 6.22. The largest absolute Gasteiger partial charge is 0.481 e. The number of carboxylic acids is 1. The highest BCUT2D eigenvalue weighted by Gasteiger charge is 2.33. The number of furan rings is 1. The average Bonchev–Trinajstić information content (AvgIpc) is 3.13. The van der Waals surface area contributed by atoms with Crippen molar-refractivity contribution in [2.45, 2.75) is 25.7 Å². The van der Waals surface area contributed by atoms with Gasteiger partial charge in [-0.25, -0.2) is 0 Å². The first-order chi connectivity index (χ1) is 10.6. The fourth-order valence-corrected chi connectivity index (χ4v) is 3.06. The van der Waals surface area contributed by atoms with Gasteiger partial charge >= 0.3 is 5.97 Å². The van der Waals surface area contributed by atoms with Gasteiger partial charge in [0.1, 0.15) is 11.3 Å². The Kier molecular flexibility index (Phi) is 4.13. The van der Waals surface area contributed by atoms with Crippen LogP contribution in [0.25, 0.3) is 11.0 Å². The highest BCUT2D eigenvalue weighted by molar-refractivity contribution is 5.81. The summed E-state index contributed by atoms with van der Waals surface area (Å²) in [6.45, 7) is 0.507. The number of benzene rings is 1. The molecule has 1 aliphatic carbocycles. The second-order valence-electron chi connectivity index (χ2n) is 5.84. The summed E-state index contributed by atoms with van der Waals surface area (Å²) in [5.41, 5.74) is 0.851. The average molecular weight is 301 g/mol. The van der Waals surface area contributed by atoms with E-state index in [1.165, 1.54) is 0 Å². The minimum absolute atomic E-state index is 0.0418. The number of carbonyl (C=O) groups excluding carboxylic acids is 1. The van der Waals surface area contributed by atoms with Crippen LogP contribution in [-0.4, -0.2) is 23.5 Å². The number of rotatable bonds is 5. The van der Waals surface area contributed by atoms with E-state index in [2.05, 4.69) is 5.32 Å². The molecule has 5 nitrogen and oxygen atoms in total. The summed E-state index contributed by atoms with van der Waals surface area (Å²) in [5.74, 6) is -0.531. The van der Waals surface area contributed by atoms with Crippen LogP contribution in [0.1, 0.15) is 25.0 Å². The summed E-state index contributed by atoms with van der Waals surface area (Å²) in [4.78, 5) is 23.0. The predicted molar refractivity (Wildman–Crippen MR) is 81.4 cm³/mol. The van der Waals surface area contributed by atoms with Crippen molar-refractivity contribution in [2.24, 2.45) is 11.8 Å². The molecule has 0 spiro atoms. The molecule has 1 aromatic heterocycles. The molecule has 1 saturated carbocycles. The molecule has 0 aliphatic heterocycles. The van der Waals surface area contributed by atoms with E-state index in [9.17, 15) is 9.59 Å². The number of carboxylic acid groups (broad SMARTS) is 1. The summed E-state index contributed by atoms with van der Waals surface area (Å²) >= 11 is 0. The van der Waals surface area contributed by atoms with Crippen molar-refractivity contribution in [1.29, 1.82) is 0 Å². The number of hydrogen-bond donors (Lipinski definition) is 2. The van der Waals surface area contributed by atoms with Gasteiger partial charge in [-0.3, -0.25) is 9.59 Å². The van der Waals surface area contributed by atoms with E-state index < -0.39 is 5.97 Å². The molecule has 5 heteroatoms. The second-order valence-corrected chi connectivity index (χ2v) is 5.84. The Morgan fingerprint density at radius 2 is 2.00 bits per heavy atom. The summed E-state index contributed by atoms with van der Waals surface area (Å²) < 4.78 is 5.69. The molecule has 1 heterocycles. The fourth-order valence-electron chi connectivity index (χ4n) is 3.06. The van der Waals surface area contributed by atoms with E-state index in [0.29, 0.717) is 32.2 Å². The van der Waals surface area contributed by atoms with Crippen LogP contribution >= 0.6 is 0 Å². The van der Waals surface area contributed by atoms with Crippen molar-refractivity contribution < 1.29 is 19.1 Å². The topological polar surface area (TPSA) is 79.5 Å². The third-order valence-electron chi connectivity index (χ3n) is 4.30. The molecule has 2 aromatic rings. The van der Waals surface area contributed by atoms with Crippen molar-refractivity contribution >= 4 is 22.8 Å². The van der Waals surface area contributed by atoms with Crippen molar-refractivity contribution in [3.05, 3.63) is 36.1 Å². The van der Waals surface area contributed by atoms with Crippen LogP contribution in [-0.2, 0) is 16.0 Å². The van der Waals surface area contributed by atoms with Gasteiger partial charge in [0, 0.05) is 24.3 Å². The molecule has 0 radical (unpaired) electrons. The summed E-state index contributed by atoms with van der Waals surface area (Å²) in [6.07, 6.45) is 2.34. The molecule has 2 atom stereocenters. The monoisotopic (exact) mass is 301 g/mol. The molecular formula is C17H19NO4. The maximum Gasteiger partial charge on any atom is 0.306 e. The van der Waals surface area contributed by atoms with Crippen LogP contribution in [0.5, 0.6) is 0 Å². The van der Waals surface area contributed by atoms with E-state index in [1.54, 1.807) is 0 Å². The third-order valence-corrected chi connectivity index (χ3v) is 4.30. The molecule has 1 aliphatic rings. The van der Waals surface area contributed by atoms with Crippen LogP contribution in [0.15, 0.2) is 34.7 Å². The Hall–Kier alpha value is -2.30. The van der Waals surface area contributed by atoms with Gasteiger partial charge in [0.15, 0.2) is 0 Å². The smallest absolute Gasteiger partial charge is 0.306 e. The number of para-hydroxylation sites is 1. The summed E-state index contributed by atoms with van der Waals surface area (Å²) in [5, 5.41) is 12.9. The van der Waals surface area contributed by atoms with Crippen LogP contribution in [0.3, 0.4) is 0 Å². The van der Waals surface area contributed by atoms with E-state index in [1.807, 2.05) is 30.3 Å². The Morgan fingerprint density at radius 1 is 1.23 bits per heavy atom. The van der Waals surface area contributed by atoms with Crippen LogP contribution in [0, 0.1) is 11.8 Å². The lowest BCUT2D eigenvalue weighted by Gasteiger charge is -2.10. The van der Waals surface area contributed by atoms with E-state index in [-0.39, 0.29) is 17.7 Å². The Labute approximate surface area is 128 Å². The molecule has 1 fully saturated rings.